The van der Waals surface area contributed by atoms with Crippen LogP contribution in [0.25, 0.3) is 16.6 Å². The largest absolute Gasteiger partial charge is 0.350 e. The first-order valence-corrected chi connectivity index (χ1v) is 7.77. The van der Waals surface area contributed by atoms with Gasteiger partial charge in [-0.1, -0.05) is 23.7 Å². The third-order valence-electron chi connectivity index (χ3n) is 3.73. The first-order valence-electron chi connectivity index (χ1n) is 7.39. The summed E-state index contributed by atoms with van der Waals surface area (Å²) in [4.78, 5) is 15.6. The molecule has 4 rings (SSSR count). The van der Waals surface area contributed by atoms with Gasteiger partial charge in [-0.3, -0.25) is 4.79 Å². The quantitative estimate of drug-likeness (QED) is 0.587. The highest BCUT2D eigenvalue weighted by Crippen LogP contribution is 2.24. The molecule has 0 bridgehead atoms. The number of rotatable bonds is 3. The summed E-state index contributed by atoms with van der Waals surface area (Å²) >= 11 is 6.15. The monoisotopic (exact) mass is 336 g/mol. The Balaban J connectivity index is 1.61. The van der Waals surface area contributed by atoms with E-state index in [1.807, 2.05) is 48.7 Å². The van der Waals surface area contributed by atoms with Gasteiger partial charge in [0.05, 0.1) is 5.69 Å². The van der Waals surface area contributed by atoms with Crippen molar-refractivity contribution in [1.29, 1.82) is 0 Å². The van der Waals surface area contributed by atoms with Crippen molar-refractivity contribution in [3.05, 3.63) is 77.7 Å². The number of H-pyrrole nitrogens is 1. The van der Waals surface area contributed by atoms with E-state index in [4.69, 9.17) is 11.6 Å². The van der Waals surface area contributed by atoms with Crippen LogP contribution in [0.4, 0.5) is 5.69 Å². The molecule has 0 aliphatic rings. The summed E-state index contributed by atoms with van der Waals surface area (Å²) < 4.78 is 1.73. The van der Waals surface area contributed by atoms with E-state index in [2.05, 4.69) is 15.4 Å². The van der Waals surface area contributed by atoms with Crippen molar-refractivity contribution >= 4 is 34.1 Å². The van der Waals surface area contributed by atoms with E-state index in [0.29, 0.717) is 16.4 Å². The summed E-state index contributed by atoms with van der Waals surface area (Å²) in [5.41, 5.74) is 2.86. The van der Waals surface area contributed by atoms with Crippen LogP contribution in [0.1, 0.15) is 10.5 Å². The average molecular weight is 337 g/mol. The van der Waals surface area contributed by atoms with E-state index in [1.165, 1.54) is 0 Å². The van der Waals surface area contributed by atoms with Gasteiger partial charge in [0.25, 0.3) is 5.91 Å². The topological polar surface area (TPSA) is 62.7 Å². The van der Waals surface area contributed by atoms with E-state index in [0.717, 1.165) is 16.6 Å². The summed E-state index contributed by atoms with van der Waals surface area (Å²) in [7, 11) is 0. The number of aromatic amines is 1. The summed E-state index contributed by atoms with van der Waals surface area (Å²) in [6.45, 7) is 0. The Morgan fingerprint density at radius 1 is 1.12 bits per heavy atom. The smallest absolute Gasteiger partial charge is 0.272 e. The lowest BCUT2D eigenvalue weighted by Crippen LogP contribution is -2.12. The normalized spacial score (nSPS) is 10.9. The second-order valence-electron chi connectivity index (χ2n) is 5.34. The Morgan fingerprint density at radius 2 is 2.00 bits per heavy atom. The van der Waals surface area contributed by atoms with E-state index >= 15 is 0 Å². The SMILES string of the molecule is O=C(Nc1cccc(-n2cccn2)c1)c1cc2c(Cl)cccc2[nH]1. The zero-order valence-corrected chi connectivity index (χ0v) is 13.3. The zero-order chi connectivity index (χ0) is 16.5. The molecule has 0 atom stereocenters. The van der Waals surface area contributed by atoms with Gasteiger partial charge >= 0.3 is 0 Å². The Hall–Kier alpha value is -3.05. The number of benzene rings is 2. The van der Waals surface area contributed by atoms with E-state index in [9.17, 15) is 4.79 Å². The molecule has 0 saturated carbocycles. The fraction of sp³-hybridized carbons (Fsp3) is 0. The lowest BCUT2D eigenvalue weighted by molar-refractivity contribution is 0.102. The van der Waals surface area contributed by atoms with E-state index < -0.39 is 0 Å². The molecule has 0 spiro atoms. The van der Waals surface area contributed by atoms with Crippen LogP contribution in [0.5, 0.6) is 0 Å². The highest BCUT2D eigenvalue weighted by Gasteiger charge is 2.11. The fourth-order valence-electron chi connectivity index (χ4n) is 2.59. The van der Waals surface area contributed by atoms with Crippen molar-refractivity contribution in [2.45, 2.75) is 0 Å². The number of anilines is 1. The summed E-state index contributed by atoms with van der Waals surface area (Å²) in [6, 6.07) is 16.6. The molecule has 5 nitrogen and oxygen atoms in total. The minimum Gasteiger partial charge on any atom is -0.350 e. The second-order valence-corrected chi connectivity index (χ2v) is 5.75. The minimum atomic E-state index is -0.222. The van der Waals surface area contributed by atoms with Gasteiger partial charge in [0.15, 0.2) is 0 Å². The lowest BCUT2D eigenvalue weighted by atomic mass is 10.2. The van der Waals surface area contributed by atoms with Crippen LogP contribution in [-0.4, -0.2) is 20.7 Å². The zero-order valence-electron chi connectivity index (χ0n) is 12.5. The maximum Gasteiger partial charge on any atom is 0.272 e. The van der Waals surface area contributed by atoms with E-state index in [-0.39, 0.29) is 5.91 Å². The minimum absolute atomic E-state index is 0.222. The van der Waals surface area contributed by atoms with Gasteiger partial charge < -0.3 is 10.3 Å². The number of carbonyl (C=O) groups is 1. The molecule has 0 fully saturated rings. The van der Waals surface area contributed by atoms with Gasteiger partial charge in [0, 0.05) is 34.0 Å². The first kappa shape index (κ1) is 14.5. The Morgan fingerprint density at radius 3 is 2.79 bits per heavy atom. The fourth-order valence-corrected chi connectivity index (χ4v) is 2.82. The predicted molar refractivity (Wildman–Crippen MR) is 94.8 cm³/mol. The van der Waals surface area contributed by atoms with Crippen LogP contribution in [0.3, 0.4) is 0 Å². The number of aromatic nitrogens is 3. The maximum atomic E-state index is 12.5. The molecular weight excluding hydrogens is 324 g/mol. The predicted octanol–water partition coefficient (Wildman–Crippen LogP) is 4.26. The van der Waals surface area contributed by atoms with Crippen molar-refractivity contribution in [3.63, 3.8) is 0 Å². The third kappa shape index (κ3) is 2.66. The summed E-state index contributed by atoms with van der Waals surface area (Å²) in [6.07, 6.45) is 3.56. The molecule has 4 aromatic rings. The van der Waals surface area contributed by atoms with Crippen LogP contribution in [0.2, 0.25) is 5.02 Å². The molecule has 0 aliphatic carbocycles. The maximum absolute atomic E-state index is 12.5. The number of hydrogen-bond acceptors (Lipinski definition) is 2. The molecule has 2 heterocycles. The van der Waals surface area contributed by atoms with Crippen molar-refractivity contribution in [1.82, 2.24) is 14.8 Å². The molecule has 2 N–H and O–H groups in total. The number of fused-ring (bicyclic) bond motifs is 1. The molecule has 1 amide bonds. The second kappa shape index (κ2) is 5.86. The molecule has 2 aromatic heterocycles. The molecule has 24 heavy (non-hydrogen) atoms. The summed E-state index contributed by atoms with van der Waals surface area (Å²) in [5, 5.41) is 8.52. The van der Waals surface area contributed by atoms with Gasteiger partial charge in [-0.05, 0) is 42.5 Å². The molecule has 2 aromatic carbocycles. The van der Waals surface area contributed by atoms with Crippen LogP contribution < -0.4 is 5.32 Å². The van der Waals surface area contributed by atoms with Gasteiger partial charge in [0.1, 0.15) is 5.69 Å². The molecule has 0 aliphatic heterocycles. The first-order chi connectivity index (χ1) is 11.7. The number of nitrogens with zero attached hydrogens (tertiary/aromatic N) is 2. The third-order valence-corrected chi connectivity index (χ3v) is 4.06. The van der Waals surface area contributed by atoms with Gasteiger partial charge in [-0.2, -0.15) is 5.10 Å². The number of carbonyl (C=O) groups excluding carboxylic acids is 1. The molecule has 6 heteroatoms. The number of amides is 1. The molecule has 0 unspecified atom stereocenters. The van der Waals surface area contributed by atoms with Crippen molar-refractivity contribution in [2.75, 3.05) is 5.32 Å². The Kier molecular flexibility index (Phi) is 3.55. The van der Waals surface area contributed by atoms with Crippen molar-refractivity contribution in [3.8, 4) is 5.69 Å². The molecular formula is C18H13ClN4O. The van der Waals surface area contributed by atoms with E-state index in [1.54, 1.807) is 23.0 Å². The molecule has 0 radical (unpaired) electrons. The summed E-state index contributed by atoms with van der Waals surface area (Å²) in [5.74, 6) is -0.222. The van der Waals surface area contributed by atoms with Crippen LogP contribution in [-0.2, 0) is 0 Å². The average Bonchev–Trinajstić information content (AvgIpc) is 3.25. The highest BCUT2D eigenvalue weighted by atomic mass is 35.5. The lowest BCUT2D eigenvalue weighted by Gasteiger charge is -2.06. The van der Waals surface area contributed by atoms with Gasteiger partial charge in [-0.15, -0.1) is 0 Å². The van der Waals surface area contributed by atoms with Gasteiger partial charge in [-0.25, -0.2) is 4.68 Å². The highest BCUT2D eigenvalue weighted by molar-refractivity contribution is 6.35. The number of hydrogen-bond donors (Lipinski definition) is 2. The molecule has 0 saturated heterocycles. The Labute approximate surface area is 142 Å². The van der Waals surface area contributed by atoms with Crippen molar-refractivity contribution < 1.29 is 4.79 Å². The number of halogens is 1. The van der Waals surface area contributed by atoms with Gasteiger partial charge in [0.2, 0.25) is 0 Å². The molecule has 118 valence electrons. The van der Waals surface area contributed by atoms with Crippen LogP contribution in [0.15, 0.2) is 67.0 Å². The Bertz CT molecular complexity index is 1020. The standard InChI is InChI=1S/C18H13ClN4O/c19-15-6-2-7-16-14(15)11-17(22-16)18(24)21-12-4-1-5-13(10-12)23-9-3-8-20-23/h1-11,22H,(H,21,24). The van der Waals surface area contributed by atoms with Crippen molar-refractivity contribution in [2.24, 2.45) is 0 Å². The number of nitrogens with one attached hydrogen (secondary N) is 2. The van der Waals surface area contributed by atoms with Crippen LogP contribution >= 0.6 is 11.6 Å². The van der Waals surface area contributed by atoms with Crippen LogP contribution in [0, 0.1) is 0 Å².